The summed E-state index contributed by atoms with van der Waals surface area (Å²) >= 11 is 7.67. The van der Waals surface area contributed by atoms with Crippen molar-refractivity contribution in [3.63, 3.8) is 0 Å². The van der Waals surface area contributed by atoms with E-state index in [0.29, 0.717) is 34.9 Å². The summed E-state index contributed by atoms with van der Waals surface area (Å²) in [5.41, 5.74) is 0.983. The number of thiazole rings is 1. The highest BCUT2D eigenvalue weighted by Crippen LogP contribution is 2.41. The molecule has 2 N–H and O–H groups in total. The van der Waals surface area contributed by atoms with E-state index in [2.05, 4.69) is 10.3 Å². The SMILES string of the molecule is COC(=O)C1=C(C2CCN(S(=O)(=O)C3CC(C(=O)O)C3)CC2)NC(c2nccs2)=NC1c1cccc(F)c1Cl. The molecule has 1 saturated heterocycles. The number of carbonyl (C=O) groups excluding carboxylic acids is 1. The lowest BCUT2D eigenvalue weighted by molar-refractivity contribution is -0.144. The second kappa shape index (κ2) is 11.0. The van der Waals surface area contributed by atoms with Crippen LogP contribution in [0.3, 0.4) is 0 Å². The number of esters is 1. The Morgan fingerprint density at radius 3 is 2.59 bits per heavy atom. The number of sulfonamides is 1. The highest BCUT2D eigenvalue weighted by molar-refractivity contribution is 7.89. The molecular weight excluding hydrogens is 571 g/mol. The van der Waals surface area contributed by atoms with Crippen LogP contribution in [-0.2, 0) is 24.3 Å². The molecule has 2 fully saturated rings. The minimum atomic E-state index is -3.64. The summed E-state index contributed by atoms with van der Waals surface area (Å²) < 4.78 is 47.2. The number of halogens is 2. The fourth-order valence-electron chi connectivity index (χ4n) is 5.25. The van der Waals surface area contributed by atoms with E-state index < -0.39 is 45.0 Å². The van der Waals surface area contributed by atoms with Crippen LogP contribution < -0.4 is 5.32 Å². The largest absolute Gasteiger partial charge is 0.481 e. The number of hydrogen-bond acceptors (Lipinski definition) is 9. The van der Waals surface area contributed by atoms with Gasteiger partial charge in [0.25, 0.3) is 0 Å². The lowest BCUT2D eigenvalue weighted by Gasteiger charge is -2.40. The molecule has 1 atom stereocenters. The third-order valence-corrected chi connectivity index (χ3v) is 11.0. The molecule has 208 valence electrons. The number of ether oxygens (including phenoxy) is 1. The molecule has 0 spiro atoms. The van der Waals surface area contributed by atoms with Gasteiger partial charge in [0, 0.05) is 41.8 Å². The van der Waals surface area contributed by atoms with E-state index in [4.69, 9.17) is 26.4 Å². The van der Waals surface area contributed by atoms with Crippen molar-refractivity contribution in [1.82, 2.24) is 14.6 Å². The van der Waals surface area contributed by atoms with Gasteiger partial charge in [-0.3, -0.25) is 9.79 Å². The normalized spacial score (nSPS) is 24.5. The summed E-state index contributed by atoms with van der Waals surface area (Å²) in [5.74, 6) is -2.78. The number of amidine groups is 1. The molecule has 10 nitrogen and oxygen atoms in total. The molecule has 0 amide bonds. The number of aliphatic carboxylic acids is 1. The van der Waals surface area contributed by atoms with Crippen LogP contribution in [0.15, 0.2) is 46.0 Å². The molecule has 0 radical (unpaired) electrons. The maximum atomic E-state index is 14.5. The molecular formula is C25H26ClFN4O6S2. The molecule has 1 aliphatic carbocycles. The topological polar surface area (TPSA) is 138 Å². The van der Waals surface area contributed by atoms with Crippen molar-refractivity contribution in [3.05, 3.63) is 62.5 Å². The summed E-state index contributed by atoms with van der Waals surface area (Å²) in [4.78, 5) is 33.3. The number of benzene rings is 1. The van der Waals surface area contributed by atoms with Gasteiger partial charge < -0.3 is 15.2 Å². The number of rotatable bonds is 7. The molecule has 1 unspecified atom stereocenters. The van der Waals surface area contributed by atoms with Crippen LogP contribution in [-0.4, -0.2) is 66.0 Å². The predicted molar refractivity (Wildman–Crippen MR) is 142 cm³/mol. The number of nitrogens with one attached hydrogen (secondary N) is 1. The van der Waals surface area contributed by atoms with Crippen molar-refractivity contribution < 1.29 is 32.2 Å². The monoisotopic (exact) mass is 596 g/mol. The first-order valence-corrected chi connectivity index (χ1v) is 15.1. The van der Waals surface area contributed by atoms with E-state index >= 15 is 0 Å². The van der Waals surface area contributed by atoms with Gasteiger partial charge in [-0.15, -0.1) is 11.3 Å². The minimum absolute atomic E-state index is 0.112. The highest BCUT2D eigenvalue weighted by atomic mass is 35.5. The van der Waals surface area contributed by atoms with Crippen LogP contribution in [0.2, 0.25) is 5.02 Å². The summed E-state index contributed by atoms with van der Waals surface area (Å²) in [6, 6.07) is 3.34. The maximum Gasteiger partial charge on any atom is 0.338 e. The fourth-order valence-corrected chi connectivity index (χ4v) is 8.16. The summed E-state index contributed by atoms with van der Waals surface area (Å²) in [7, 11) is -2.39. The van der Waals surface area contributed by atoms with E-state index in [1.807, 2.05) is 0 Å². The van der Waals surface area contributed by atoms with Gasteiger partial charge in [-0.2, -0.15) is 0 Å². The molecule has 5 rings (SSSR count). The van der Waals surface area contributed by atoms with Gasteiger partial charge in [0.05, 0.1) is 28.9 Å². The molecule has 2 aromatic rings. The first kappa shape index (κ1) is 27.7. The number of carboxylic acids is 1. The number of carboxylic acid groups (broad SMARTS) is 1. The van der Waals surface area contributed by atoms with Gasteiger partial charge in [0.2, 0.25) is 10.0 Å². The summed E-state index contributed by atoms with van der Waals surface area (Å²) in [6.07, 6.45) is 2.63. The number of carbonyl (C=O) groups is 2. The molecule has 0 bridgehead atoms. The Kier molecular flexibility index (Phi) is 7.77. The van der Waals surface area contributed by atoms with Crippen molar-refractivity contribution in [2.24, 2.45) is 16.8 Å². The van der Waals surface area contributed by atoms with Crippen LogP contribution in [0, 0.1) is 17.7 Å². The molecule has 2 aliphatic heterocycles. The van der Waals surface area contributed by atoms with Crippen molar-refractivity contribution in [1.29, 1.82) is 0 Å². The smallest absolute Gasteiger partial charge is 0.338 e. The Labute approximate surface area is 233 Å². The van der Waals surface area contributed by atoms with Gasteiger partial charge >= 0.3 is 11.9 Å². The average Bonchev–Trinajstić information content (AvgIpc) is 3.43. The van der Waals surface area contributed by atoms with Crippen LogP contribution in [0.1, 0.15) is 42.3 Å². The van der Waals surface area contributed by atoms with Crippen LogP contribution in [0.25, 0.3) is 0 Å². The van der Waals surface area contributed by atoms with Gasteiger partial charge in [-0.05, 0) is 31.7 Å². The van der Waals surface area contributed by atoms with Crippen LogP contribution in [0.5, 0.6) is 0 Å². The summed E-state index contributed by atoms with van der Waals surface area (Å²) in [5, 5.41) is 13.9. The maximum absolute atomic E-state index is 14.5. The van der Waals surface area contributed by atoms with Crippen LogP contribution in [0.4, 0.5) is 4.39 Å². The van der Waals surface area contributed by atoms with E-state index in [0.717, 1.165) is 0 Å². The Balaban J connectivity index is 1.46. The first-order chi connectivity index (χ1) is 18.6. The number of piperidine rings is 1. The van der Waals surface area contributed by atoms with Crippen LogP contribution >= 0.6 is 22.9 Å². The highest BCUT2D eigenvalue weighted by Gasteiger charge is 2.46. The van der Waals surface area contributed by atoms with E-state index in [9.17, 15) is 22.4 Å². The Hall–Kier alpha value is -2.87. The average molecular weight is 597 g/mol. The van der Waals surface area contributed by atoms with Crippen molar-refractivity contribution in [2.75, 3.05) is 20.2 Å². The molecule has 1 aromatic heterocycles. The third-order valence-electron chi connectivity index (χ3n) is 7.48. The summed E-state index contributed by atoms with van der Waals surface area (Å²) in [6.45, 7) is 0.409. The Bertz CT molecular complexity index is 1450. The van der Waals surface area contributed by atoms with Crippen molar-refractivity contribution in [2.45, 2.75) is 37.0 Å². The van der Waals surface area contributed by atoms with Gasteiger partial charge in [-0.25, -0.2) is 26.9 Å². The molecule has 3 heterocycles. The van der Waals surface area contributed by atoms with Crippen molar-refractivity contribution in [3.8, 4) is 0 Å². The van der Waals surface area contributed by atoms with Gasteiger partial charge in [0.15, 0.2) is 10.8 Å². The second-order valence-electron chi connectivity index (χ2n) is 9.65. The van der Waals surface area contributed by atoms with Gasteiger partial charge in [-0.1, -0.05) is 23.7 Å². The third kappa shape index (κ3) is 5.20. The molecule has 14 heteroatoms. The number of hydrogen-bond donors (Lipinski definition) is 2. The zero-order chi connectivity index (χ0) is 27.9. The predicted octanol–water partition coefficient (Wildman–Crippen LogP) is 3.36. The van der Waals surface area contributed by atoms with Crippen molar-refractivity contribution >= 4 is 50.7 Å². The number of methoxy groups -OCH3 is 1. The zero-order valence-corrected chi connectivity index (χ0v) is 23.2. The Morgan fingerprint density at radius 2 is 1.97 bits per heavy atom. The first-order valence-electron chi connectivity index (χ1n) is 12.3. The zero-order valence-electron chi connectivity index (χ0n) is 20.8. The quantitative estimate of drug-likeness (QED) is 0.464. The lowest BCUT2D eigenvalue weighted by atomic mass is 9.85. The van der Waals surface area contributed by atoms with E-state index in [1.54, 1.807) is 17.6 Å². The fraction of sp³-hybridized carbons (Fsp3) is 0.440. The number of allylic oxidation sites excluding steroid dienone is 1. The standard InChI is InChI=1S/C25H26ClFN4O6S2/c1-37-25(34)18-20(13-5-8-31(9-6-13)39(35,36)15-11-14(12-15)24(32)33)29-22(23-28-7-10-38-23)30-21(18)16-3-2-4-17(27)19(16)26/h2-4,7,10,13-15,21H,5-6,8-9,11-12H2,1H3,(H,29,30)(H,32,33). The molecule has 3 aliphatic rings. The molecule has 1 saturated carbocycles. The Morgan fingerprint density at radius 1 is 1.26 bits per heavy atom. The lowest BCUT2D eigenvalue weighted by Crippen LogP contribution is -2.50. The van der Waals surface area contributed by atoms with E-state index in [1.165, 1.54) is 34.9 Å². The molecule has 1 aromatic carbocycles. The van der Waals surface area contributed by atoms with E-state index in [-0.39, 0.29) is 42.4 Å². The minimum Gasteiger partial charge on any atom is -0.481 e. The number of aromatic nitrogens is 1. The second-order valence-corrected chi connectivity index (χ2v) is 13.1. The molecule has 39 heavy (non-hydrogen) atoms. The number of aliphatic imine (C=N–C) groups is 1. The number of nitrogens with zero attached hydrogens (tertiary/aromatic N) is 3. The van der Waals surface area contributed by atoms with Gasteiger partial charge in [0.1, 0.15) is 11.9 Å².